The number of halogens is 2. The van der Waals surface area contributed by atoms with Gasteiger partial charge in [0.15, 0.2) is 0 Å². The maximum Gasteiger partial charge on any atom is 0.137 e. The van der Waals surface area contributed by atoms with E-state index in [1.54, 1.807) is 12.1 Å². The van der Waals surface area contributed by atoms with Crippen molar-refractivity contribution in [2.45, 2.75) is 0 Å². The minimum atomic E-state index is -0.271. The topological polar surface area (TPSA) is 0 Å². The second-order valence-corrected chi connectivity index (χ2v) is 2.19. The highest BCUT2D eigenvalue weighted by Crippen LogP contribution is 2.11. The Bertz CT molecular complexity index is 165. The van der Waals surface area contributed by atoms with E-state index in [1.807, 2.05) is 0 Å². The highest BCUT2D eigenvalue weighted by molar-refractivity contribution is 9.10. The van der Waals surface area contributed by atoms with Gasteiger partial charge >= 0.3 is 0 Å². The van der Waals surface area contributed by atoms with Crippen LogP contribution in [0, 0.1) is 11.9 Å². The van der Waals surface area contributed by atoms with Gasteiger partial charge in [-0.15, -0.1) is 0 Å². The molecule has 0 saturated heterocycles. The lowest BCUT2D eigenvalue weighted by atomic mass is 10.4. The van der Waals surface area contributed by atoms with Crippen molar-refractivity contribution in [3.05, 3.63) is 34.6 Å². The minimum absolute atomic E-state index is 0.271. The molecule has 0 bridgehead atoms. The molecule has 0 spiro atoms. The lowest BCUT2D eigenvalue weighted by molar-refractivity contribution is 0.621. The molecule has 1 radical (unpaired) electrons. The van der Waals surface area contributed by atoms with Gasteiger partial charge in [0.1, 0.15) is 5.82 Å². The molecule has 0 heterocycles. The molecule has 0 aliphatic carbocycles. The summed E-state index contributed by atoms with van der Waals surface area (Å²) in [7, 11) is 0. The van der Waals surface area contributed by atoms with E-state index in [2.05, 4.69) is 22.0 Å². The molecule has 0 N–H and O–H groups in total. The monoisotopic (exact) mass is 173 g/mol. The molecule has 2 heteroatoms. The molecular formula is C6H3BrF. The van der Waals surface area contributed by atoms with E-state index in [4.69, 9.17) is 0 Å². The van der Waals surface area contributed by atoms with Crippen molar-refractivity contribution in [3.63, 3.8) is 0 Å². The summed E-state index contributed by atoms with van der Waals surface area (Å²) in [4.78, 5) is 0. The molecule has 1 aromatic rings. The SMILES string of the molecule is Fc1c[c]ccc1Br. The molecule has 1 aromatic carbocycles. The Labute approximate surface area is 55.5 Å². The molecule has 0 aliphatic heterocycles. The van der Waals surface area contributed by atoms with Crippen LogP contribution in [0.25, 0.3) is 0 Å². The van der Waals surface area contributed by atoms with Gasteiger partial charge in [-0.3, -0.25) is 0 Å². The Morgan fingerprint density at radius 1 is 1.62 bits per heavy atom. The van der Waals surface area contributed by atoms with Crippen LogP contribution in [-0.2, 0) is 0 Å². The molecular weight excluding hydrogens is 171 g/mol. The number of rotatable bonds is 0. The molecule has 0 fully saturated rings. The van der Waals surface area contributed by atoms with E-state index in [-0.39, 0.29) is 5.82 Å². The first-order valence-corrected chi connectivity index (χ1v) is 2.91. The highest BCUT2D eigenvalue weighted by atomic mass is 79.9. The predicted octanol–water partition coefficient (Wildman–Crippen LogP) is 2.39. The van der Waals surface area contributed by atoms with Crippen LogP contribution in [0.2, 0.25) is 0 Å². The summed E-state index contributed by atoms with van der Waals surface area (Å²) in [5.74, 6) is -0.271. The summed E-state index contributed by atoms with van der Waals surface area (Å²) in [5.41, 5.74) is 0. The zero-order valence-corrected chi connectivity index (χ0v) is 5.57. The van der Waals surface area contributed by atoms with Gasteiger partial charge < -0.3 is 0 Å². The molecule has 0 atom stereocenters. The third kappa shape index (κ3) is 1.07. The van der Waals surface area contributed by atoms with Crippen LogP contribution in [0.15, 0.2) is 22.7 Å². The van der Waals surface area contributed by atoms with Gasteiger partial charge in [-0.1, -0.05) is 6.07 Å². The van der Waals surface area contributed by atoms with Gasteiger partial charge in [0.05, 0.1) is 4.47 Å². The Kier molecular flexibility index (Phi) is 1.63. The fraction of sp³-hybridized carbons (Fsp3) is 0. The molecule has 41 valence electrons. The molecule has 0 aromatic heterocycles. The van der Waals surface area contributed by atoms with Crippen molar-refractivity contribution in [2.24, 2.45) is 0 Å². The van der Waals surface area contributed by atoms with E-state index in [0.717, 1.165) is 0 Å². The van der Waals surface area contributed by atoms with E-state index < -0.39 is 0 Å². The quantitative estimate of drug-likeness (QED) is 0.566. The van der Waals surface area contributed by atoms with Crippen LogP contribution in [0.5, 0.6) is 0 Å². The van der Waals surface area contributed by atoms with Gasteiger partial charge in [-0.05, 0) is 34.1 Å². The number of hydrogen-bond acceptors (Lipinski definition) is 0. The first-order chi connectivity index (χ1) is 3.80. The Balaban J connectivity index is 3.13. The predicted molar refractivity (Wildman–Crippen MR) is 32.9 cm³/mol. The summed E-state index contributed by atoms with van der Waals surface area (Å²) in [5, 5.41) is 0. The first-order valence-electron chi connectivity index (χ1n) is 2.12. The Morgan fingerprint density at radius 3 is 2.75 bits per heavy atom. The van der Waals surface area contributed by atoms with Crippen LogP contribution in [0.1, 0.15) is 0 Å². The van der Waals surface area contributed by atoms with Gasteiger partial charge in [0.25, 0.3) is 0 Å². The molecule has 8 heavy (non-hydrogen) atoms. The Hall–Kier alpha value is -0.370. The average Bonchev–Trinajstić information content (AvgIpc) is 1.77. The van der Waals surface area contributed by atoms with Gasteiger partial charge in [0.2, 0.25) is 0 Å². The normalized spacial score (nSPS) is 9.25. The van der Waals surface area contributed by atoms with Crippen LogP contribution >= 0.6 is 15.9 Å². The highest BCUT2D eigenvalue weighted by Gasteiger charge is 1.91. The second-order valence-electron chi connectivity index (χ2n) is 1.34. The zero-order valence-electron chi connectivity index (χ0n) is 3.99. The third-order valence-electron chi connectivity index (χ3n) is 0.764. The van der Waals surface area contributed by atoms with Crippen LogP contribution in [0.4, 0.5) is 4.39 Å². The minimum Gasteiger partial charge on any atom is -0.206 e. The summed E-state index contributed by atoms with van der Waals surface area (Å²) >= 11 is 3.00. The standard InChI is InChI=1S/C6H3BrF/c7-5-3-1-2-4-6(5)8/h1,3-4H. The van der Waals surface area contributed by atoms with E-state index >= 15 is 0 Å². The lowest BCUT2D eigenvalue weighted by Gasteiger charge is -1.86. The van der Waals surface area contributed by atoms with Crippen molar-refractivity contribution in [3.8, 4) is 0 Å². The second kappa shape index (κ2) is 2.27. The first kappa shape index (κ1) is 5.76. The molecule has 0 saturated carbocycles. The van der Waals surface area contributed by atoms with E-state index in [9.17, 15) is 4.39 Å². The van der Waals surface area contributed by atoms with Crippen molar-refractivity contribution >= 4 is 15.9 Å². The van der Waals surface area contributed by atoms with Crippen molar-refractivity contribution in [1.29, 1.82) is 0 Å². The molecule has 0 nitrogen and oxygen atoms in total. The van der Waals surface area contributed by atoms with Crippen LogP contribution in [0.3, 0.4) is 0 Å². The Morgan fingerprint density at radius 2 is 2.38 bits per heavy atom. The molecule has 0 amide bonds. The smallest absolute Gasteiger partial charge is 0.137 e. The summed E-state index contributed by atoms with van der Waals surface area (Å²) < 4.78 is 12.7. The summed E-state index contributed by atoms with van der Waals surface area (Å²) in [6.45, 7) is 0. The van der Waals surface area contributed by atoms with E-state index in [0.29, 0.717) is 4.47 Å². The van der Waals surface area contributed by atoms with Gasteiger partial charge in [-0.2, -0.15) is 0 Å². The van der Waals surface area contributed by atoms with E-state index in [1.165, 1.54) is 6.07 Å². The molecule has 0 aliphatic rings. The van der Waals surface area contributed by atoms with Crippen molar-refractivity contribution in [1.82, 2.24) is 0 Å². The fourth-order valence-corrected chi connectivity index (χ4v) is 0.638. The number of hydrogen-bond donors (Lipinski definition) is 0. The maximum atomic E-state index is 12.2. The fourth-order valence-electron chi connectivity index (χ4n) is 0.391. The molecule has 1 rings (SSSR count). The summed E-state index contributed by atoms with van der Waals surface area (Å²) in [6.07, 6.45) is 0. The lowest BCUT2D eigenvalue weighted by Crippen LogP contribution is -1.71. The maximum absolute atomic E-state index is 12.2. The van der Waals surface area contributed by atoms with Gasteiger partial charge in [-0.25, -0.2) is 4.39 Å². The van der Waals surface area contributed by atoms with Gasteiger partial charge in [0, 0.05) is 0 Å². The van der Waals surface area contributed by atoms with Crippen molar-refractivity contribution < 1.29 is 4.39 Å². The average molecular weight is 174 g/mol. The largest absolute Gasteiger partial charge is 0.206 e. The summed E-state index contributed by atoms with van der Waals surface area (Å²) in [6, 6.07) is 7.13. The number of benzene rings is 1. The third-order valence-corrected chi connectivity index (χ3v) is 1.41. The van der Waals surface area contributed by atoms with Crippen molar-refractivity contribution in [2.75, 3.05) is 0 Å². The molecule has 0 unspecified atom stereocenters. The zero-order chi connectivity index (χ0) is 5.98. The van der Waals surface area contributed by atoms with Crippen LogP contribution < -0.4 is 0 Å². The van der Waals surface area contributed by atoms with Crippen LogP contribution in [-0.4, -0.2) is 0 Å².